The second-order valence-electron chi connectivity index (χ2n) is 13.8. The summed E-state index contributed by atoms with van der Waals surface area (Å²) in [7, 11) is 0. The quantitative estimate of drug-likeness (QED) is 0.180. The molecule has 8 aromatic carbocycles. The molecule has 0 fully saturated rings. The first-order chi connectivity index (χ1) is 27.2. The van der Waals surface area contributed by atoms with Crippen LogP contribution < -0.4 is 0 Å². The van der Waals surface area contributed by atoms with Crippen molar-refractivity contribution in [3.63, 3.8) is 0 Å². The molecule has 0 spiro atoms. The average Bonchev–Trinajstić information content (AvgIpc) is 3.96. The fraction of sp³-hybridized carbons (Fsp3) is 0. The van der Waals surface area contributed by atoms with Gasteiger partial charge in [0.25, 0.3) is 0 Å². The Morgan fingerprint density at radius 3 is 1.76 bits per heavy atom. The summed E-state index contributed by atoms with van der Waals surface area (Å²) in [6, 6.07) is 54.2. The Kier molecular flexibility index (Phi) is 6.40. The summed E-state index contributed by atoms with van der Waals surface area (Å²) in [6.45, 7) is 0. The van der Waals surface area contributed by atoms with E-state index in [-0.39, 0.29) is 0 Å². The first kappa shape index (κ1) is 30.3. The Labute approximate surface area is 317 Å². The van der Waals surface area contributed by atoms with Gasteiger partial charge in [-0.05, 0) is 57.9 Å². The van der Waals surface area contributed by atoms with Crippen LogP contribution in [-0.2, 0) is 0 Å². The number of nitrogens with zero attached hydrogens (tertiary/aromatic N) is 4. The van der Waals surface area contributed by atoms with E-state index in [1.165, 1.54) is 4.70 Å². The van der Waals surface area contributed by atoms with Gasteiger partial charge in [-0.1, -0.05) is 121 Å². The number of rotatable bonds is 4. The Bertz CT molecular complexity index is 3430. The summed E-state index contributed by atoms with van der Waals surface area (Å²) >= 11 is 1.73. The van der Waals surface area contributed by atoms with Gasteiger partial charge in [0.15, 0.2) is 23.1 Å². The van der Waals surface area contributed by atoms with Crippen LogP contribution in [0, 0.1) is 0 Å². The summed E-state index contributed by atoms with van der Waals surface area (Å²) in [5.41, 5.74) is 6.26. The lowest BCUT2D eigenvalue weighted by Crippen LogP contribution is -2.00. The monoisotopic (exact) mass is 722 g/mol. The normalized spacial score (nSPS) is 12.0. The molecule has 0 unspecified atom stereocenters. The second-order valence-corrected chi connectivity index (χ2v) is 14.9. The van der Waals surface area contributed by atoms with Gasteiger partial charge in [-0.3, -0.25) is 0 Å². The number of aromatic nitrogens is 4. The van der Waals surface area contributed by atoms with E-state index in [9.17, 15) is 0 Å². The van der Waals surface area contributed by atoms with Crippen molar-refractivity contribution in [1.29, 1.82) is 0 Å². The molecule has 0 saturated carbocycles. The number of thiophene rings is 1. The fourth-order valence-electron chi connectivity index (χ4n) is 7.89. The molecule has 256 valence electrons. The third-order valence-electron chi connectivity index (χ3n) is 10.5. The Morgan fingerprint density at radius 2 is 1.02 bits per heavy atom. The zero-order valence-electron chi connectivity index (χ0n) is 29.0. The van der Waals surface area contributed by atoms with Crippen molar-refractivity contribution in [1.82, 2.24) is 19.9 Å². The third kappa shape index (κ3) is 4.73. The zero-order chi connectivity index (χ0) is 36.0. The molecule has 0 N–H and O–H groups in total. The van der Waals surface area contributed by atoms with Gasteiger partial charge < -0.3 is 8.83 Å². The molecule has 12 rings (SSSR count). The van der Waals surface area contributed by atoms with Crippen molar-refractivity contribution >= 4 is 86.1 Å². The topological polar surface area (TPSA) is 77.8 Å². The van der Waals surface area contributed by atoms with Gasteiger partial charge in [-0.2, -0.15) is 0 Å². The van der Waals surface area contributed by atoms with Gasteiger partial charge in [0.2, 0.25) is 5.89 Å². The van der Waals surface area contributed by atoms with E-state index in [0.717, 1.165) is 86.7 Å². The number of furan rings is 1. The summed E-state index contributed by atoms with van der Waals surface area (Å²) in [6.07, 6.45) is 0. The van der Waals surface area contributed by atoms with Crippen LogP contribution in [0.1, 0.15) is 0 Å². The van der Waals surface area contributed by atoms with Crippen molar-refractivity contribution < 1.29 is 8.83 Å². The molecule has 0 aliphatic rings. The predicted octanol–water partition coefficient (Wildman–Crippen LogP) is 13.3. The molecule has 0 amide bonds. The lowest BCUT2D eigenvalue weighted by atomic mass is 10.0. The molecule has 0 atom stereocenters. The second kappa shape index (κ2) is 11.6. The maximum atomic E-state index is 6.91. The number of oxazole rings is 1. The van der Waals surface area contributed by atoms with Crippen LogP contribution in [0.25, 0.3) is 120 Å². The van der Waals surface area contributed by atoms with Crippen LogP contribution >= 0.6 is 11.3 Å². The predicted molar refractivity (Wildman–Crippen MR) is 224 cm³/mol. The minimum Gasteiger partial charge on any atom is -0.455 e. The number of fused-ring (bicyclic) bond motifs is 10. The minimum absolute atomic E-state index is 0.474. The maximum absolute atomic E-state index is 6.91. The fourth-order valence-corrected chi connectivity index (χ4v) is 9.04. The highest BCUT2D eigenvalue weighted by Crippen LogP contribution is 2.45. The van der Waals surface area contributed by atoms with Crippen LogP contribution in [0.4, 0.5) is 0 Å². The first-order valence-corrected chi connectivity index (χ1v) is 18.9. The van der Waals surface area contributed by atoms with Crippen molar-refractivity contribution in [3.05, 3.63) is 158 Å². The van der Waals surface area contributed by atoms with Crippen LogP contribution in [0.3, 0.4) is 0 Å². The molecule has 0 aliphatic carbocycles. The molecular formula is C48H26N4O2S. The molecule has 0 radical (unpaired) electrons. The summed E-state index contributed by atoms with van der Waals surface area (Å²) in [5.74, 6) is 2.14. The van der Waals surface area contributed by atoms with Gasteiger partial charge in [0.1, 0.15) is 16.7 Å². The van der Waals surface area contributed by atoms with Gasteiger partial charge in [0, 0.05) is 42.1 Å². The molecule has 4 aromatic heterocycles. The molecule has 6 nitrogen and oxygen atoms in total. The smallest absolute Gasteiger partial charge is 0.231 e. The molecule has 0 aliphatic heterocycles. The third-order valence-corrected chi connectivity index (χ3v) is 11.7. The molecule has 7 heteroatoms. The molecule has 55 heavy (non-hydrogen) atoms. The van der Waals surface area contributed by atoms with Crippen LogP contribution in [0.15, 0.2) is 167 Å². The van der Waals surface area contributed by atoms with E-state index in [1.807, 2.05) is 30.3 Å². The number of benzene rings is 8. The van der Waals surface area contributed by atoms with E-state index in [0.29, 0.717) is 28.9 Å². The molecule has 4 heterocycles. The van der Waals surface area contributed by atoms with E-state index < -0.39 is 0 Å². The van der Waals surface area contributed by atoms with Gasteiger partial charge >= 0.3 is 0 Å². The lowest BCUT2D eigenvalue weighted by molar-refractivity contribution is 0.616. The van der Waals surface area contributed by atoms with E-state index in [2.05, 4.69) is 127 Å². The summed E-state index contributed by atoms with van der Waals surface area (Å²) in [5, 5.41) is 8.77. The average molecular weight is 723 g/mol. The highest BCUT2D eigenvalue weighted by atomic mass is 32.1. The van der Waals surface area contributed by atoms with Crippen LogP contribution in [-0.4, -0.2) is 19.9 Å². The summed E-state index contributed by atoms with van der Waals surface area (Å²) < 4.78 is 15.6. The molecule has 12 aromatic rings. The van der Waals surface area contributed by atoms with Crippen molar-refractivity contribution in [2.45, 2.75) is 0 Å². The maximum Gasteiger partial charge on any atom is 0.231 e. The molecule has 0 saturated heterocycles. The van der Waals surface area contributed by atoms with Crippen molar-refractivity contribution in [2.24, 2.45) is 0 Å². The van der Waals surface area contributed by atoms with E-state index in [1.54, 1.807) is 11.3 Å². The molecule has 0 bridgehead atoms. The van der Waals surface area contributed by atoms with Crippen LogP contribution in [0.2, 0.25) is 0 Å². The van der Waals surface area contributed by atoms with E-state index >= 15 is 0 Å². The van der Waals surface area contributed by atoms with Crippen molar-refractivity contribution in [3.8, 4) is 45.6 Å². The first-order valence-electron chi connectivity index (χ1n) is 18.1. The minimum atomic E-state index is 0.474. The number of hydrogen-bond donors (Lipinski definition) is 0. The lowest BCUT2D eigenvalue weighted by Gasteiger charge is -2.10. The largest absolute Gasteiger partial charge is 0.455 e. The SMILES string of the molecule is c1ccc2cc(-c3nc(-c4ccc5ccccc5c4)nc(-c4cc5sc6ccccc6c5c5nc(-c6cccc7c6oc6ccccc67)oc45)n3)ccc2c1. The highest BCUT2D eigenvalue weighted by molar-refractivity contribution is 7.26. The van der Waals surface area contributed by atoms with Gasteiger partial charge in [-0.15, -0.1) is 11.3 Å². The Balaban J connectivity index is 1.15. The van der Waals surface area contributed by atoms with Crippen LogP contribution in [0.5, 0.6) is 0 Å². The molecular weight excluding hydrogens is 697 g/mol. The standard InChI is InChI=1S/C48H26N4O2S/c1-3-12-29-24-31(22-20-27(29)10-1)45-50-46(32-23-21-28-11-2-4-13-30(28)25-32)52-47(51-45)37-26-40-41(35-15-6-8-19-39(35)55-40)42-44(37)54-48(49-42)36-17-9-16-34-33-14-5-7-18-38(33)53-43(34)36/h1-26H. The number of hydrogen-bond acceptors (Lipinski definition) is 7. The Morgan fingerprint density at radius 1 is 0.400 bits per heavy atom. The zero-order valence-corrected chi connectivity index (χ0v) is 29.8. The number of para-hydroxylation sites is 2. The summed E-state index contributed by atoms with van der Waals surface area (Å²) in [4.78, 5) is 20.8. The van der Waals surface area contributed by atoms with Gasteiger partial charge in [0.05, 0.1) is 11.1 Å². The van der Waals surface area contributed by atoms with Gasteiger partial charge in [-0.25, -0.2) is 19.9 Å². The van der Waals surface area contributed by atoms with Crippen molar-refractivity contribution in [2.75, 3.05) is 0 Å². The Hall–Kier alpha value is -7.22. The highest BCUT2D eigenvalue weighted by Gasteiger charge is 2.24. The van der Waals surface area contributed by atoms with E-state index in [4.69, 9.17) is 28.8 Å².